The summed E-state index contributed by atoms with van der Waals surface area (Å²) >= 11 is 0. The molecule has 0 saturated heterocycles. The molecule has 4 N–H and O–H groups in total. The predicted molar refractivity (Wildman–Crippen MR) is 161 cm³/mol. The second kappa shape index (κ2) is 11.1. The van der Waals surface area contributed by atoms with Gasteiger partial charge in [-0.15, -0.1) is 0 Å². The summed E-state index contributed by atoms with van der Waals surface area (Å²) in [7, 11) is -7.84. The minimum atomic E-state index is -3.93. The molecule has 1 unspecified atom stereocenters. The lowest BCUT2D eigenvalue weighted by Gasteiger charge is -2.24. The zero-order valence-electron chi connectivity index (χ0n) is 22.7. The van der Waals surface area contributed by atoms with Gasteiger partial charge in [0.15, 0.2) is 0 Å². The Morgan fingerprint density at radius 1 is 0.659 bits per heavy atom. The van der Waals surface area contributed by atoms with E-state index in [0.717, 1.165) is 0 Å². The van der Waals surface area contributed by atoms with Gasteiger partial charge in [0.25, 0.3) is 0 Å². The van der Waals surface area contributed by atoms with Gasteiger partial charge in [0.1, 0.15) is 11.6 Å². The third-order valence-corrected chi connectivity index (χ3v) is 9.03. The number of hydrogen-bond acceptors (Lipinski definition) is 7. The second-order valence-electron chi connectivity index (χ2n) is 10.1. The monoisotopic (exact) mass is 634 g/mol. The van der Waals surface area contributed by atoms with E-state index in [4.69, 9.17) is 20.5 Å². The van der Waals surface area contributed by atoms with Crippen LogP contribution < -0.4 is 15.3 Å². The summed E-state index contributed by atoms with van der Waals surface area (Å²) in [5.74, 6) is -0.819. The molecule has 0 amide bonds. The van der Waals surface area contributed by atoms with E-state index in [0.29, 0.717) is 45.9 Å². The molecule has 1 aromatic heterocycles. The van der Waals surface area contributed by atoms with Crippen LogP contribution in [0.5, 0.6) is 0 Å². The topological polar surface area (TPSA) is 154 Å². The lowest BCUT2D eigenvalue weighted by Crippen LogP contribution is -2.19. The summed E-state index contributed by atoms with van der Waals surface area (Å²) < 4.78 is 76.5. The van der Waals surface area contributed by atoms with Gasteiger partial charge >= 0.3 is 0 Å². The third-order valence-electron chi connectivity index (χ3n) is 7.17. The van der Waals surface area contributed by atoms with Gasteiger partial charge in [0.2, 0.25) is 20.0 Å². The number of nitrogens with two attached hydrogens (primary N) is 2. The second-order valence-corrected chi connectivity index (χ2v) is 13.2. The predicted octanol–water partition coefficient (Wildman–Crippen LogP) is 4.47. The Kier molecular flexibility index (Phi) is 7.37. The van der Waals surface area contributed by atoms with Gasteiger partial charge in [-0.2, -0.15) is 10.2 Å². The Labute approximate surface area is 252 Å². The van der Waals surface area contributed by atoms with Crippen LogP contribution in [0.25, 0.3) is 16.9 Å². The molecule has 44 heavy (non-hydrogen) atoms. The fourth-order valence-corrected chi connectivity index (χ4v) is 6.01. The summed E-state index contributed by atoms with van der Waals surface area (Å²) in [6.07, 6.45) is 2.12. The lowest BCUT2D eigenvalue weighted by molar-refractivity contribution is 0.596. The quantitative estimate of drug-likeness (QED) is 0.269. The van der Waals surface area contributed by atoms with Crippen LogP contribution in [0, 0.1) is 11.6 Å². The Morgan fingerprint density at radius 2 is 1.14 bits per heavy atom. The van der Waals surface area contributed by atoms with E-state index in [1.54, 1.807) is 64.4 Å². The number of hydrogen-bond donors (Lipinski definition) is 2. The Morgan fingerprint density at radius 3 is 1.64 bits per heavy atom. The molecule has 2 heterocycles. The molecule has 5 aromatic rings. The fraction of sp³-hybridized carbons (Fsp3) is 0.0667. The third kappa shape index (κ3) is 5.88. The average molecular weight is 635 g/mol. The normalized spacial score (nSPS) is 15.4. The van der Waals surface area contributed by atoms with Crippen molar-refractivity contribution in [3.63, 3.8) is 0 Å². The molecule has 14 heteroatoms. The summed E-state index contributed by atoms with van der Waals surface area (Å²) in [5, 5.41) is 21.9. The average Bonchev–Trinajstić information content (AvgIpc) is 3.63. The van der Waals surface area contributed by atoms with E-state index in [1.165, 1.54) is 48.5 Å². The summed E-state index contributed by atoms with van der Waals surface area (Å²) in [6, 6.07) is 23.0. The summed E-state index contributed by atoms with van der Waals surface area (Å²) in [6.45, 7) is 0. The van der Waals surface area contributed by atoms with E-state index in [2.05, 4.69) is 0 Å². The van der Waals surface area contributed by atoms with Crippen LogP contribution in [-0.2, 0) is 20.0 Å². The van der Waals surface area contributed by atoms with Crippen molar-refractivity contribution in [2.75, 3.05) is 5.01 Å². The molecule has 0 saturated carbocycles. The molecule has 1 aliphatic heterocycles. The van der Waals surface area contributed by atoms with Crippen LogP contribution in [0.4, 0.5) is 14.5 Å². The van der Waals surface area contributed by atoms with Crippen molar-refractivity contribution in [2.24, 2.45) is 15.4 Å². The first-order chi connectivity index (χ1) is 20.9. The molecule has 224 valence electrons. The molecule has 0 radical (unpaired) electrons. The van der Waals surface area contributed by atoms with Gasteiger partial charge in [-0.1, -0.05) is 12.1 Å². The molecule has 0 aliphatic carbocycles. The molecular formula is C30H24F2N6O4S2. The molecule has 4 aromatic carbocycles. The Hall–Kier alpha value is -4.76. The minimum Gasteiger partial charge on any atom is -0.257 e. The van der Waals surface area contributed by atoms with Crippen LogP contribution in [0.1, 0.15) is 23.6 Å². The van der Waals surface area contributed by atoms with Crippen LogP contribution in [-0.4, -0.2) is 32.3 Å². The lowest BCUT2D eigenvalue weighted by atomic mass is 9.96. The number of primary sulfonamides is 2. The number of halogens is 2. The van der Waals surface area contributed by atoms with E-state index in [-0.39, 0.29) is 9.79 Å². The van der Waals surface area contributed by atoms with Gasteiger partial charge in [-0.05, 0) is 90.5 Å². The van der Waals surface area contributed by atoms with Crippen molar-refractivity contribution in [3.05, 3.63) is 126 Å². The number of rotatable bonds is 7. The van der Waals surface area contributed by atoms with Gasteiger partial charge < -0.3 is 0 Å². The molecule has 0 fully saturated rings. The highest BCUT2D eigenvalue weighted by atomic mass is 32.2. The number of aromatic nitrogens is 2. The highest BCUT2D eigenvalue weighted by molar-refractivity contribution is 7.89. The van der Waals surface area contributed by atoms with Crippen LogP contribution >= 0.6 is 0 Å². The smallest absolute Gasteiger partial charge is 0.238 e. The fourth-order valence-electron chi connectivity index (χ4n) is 4.98. The van der Waals surface area contributed by atoms with Crippen LogP contribution in [0.15, 0.2) is 118 Å². The van der Waals surface area contributed by atoms with Crippen molar-refractivity contribution >= 4 is 31.4 Å². The highest BCUT2D eigenvalue weighted by Gasteiger charge is 2.34. The minimum absolute atomic E-state index is 0.0605. The van der Waals surface area contributed by atoms with Gasteiger partial charge in [0.05, 0.1) is 38.6 Å². The van der Waals surface area contributed by atoms with E-state index in [1.807, 2.05) is 0 Å². The molecule has 1 atom stereocenters. The molecular weight excluding hydrogens is 610 g/mol. The van der Waals surface area contributed by atoms with Crippen molar-refractivity contribution in [2.45, 2.75) is 22.3 Å². The summed E-state index contributed by atoms with van der Waals surface area (Å²) in [5.41, 5.74) is 4.22. The SMILES string of the molecule is NS(=O)(=O)c1ccc(N2N=C(c3ccc(F)cc3)CC2c2cn(-c3ccc(S(N)(=O)=O)cc3)nc2-c2ccc(F)cc2)cc1. The van der Waals surface area contributed by atoms with Crippen molar-refractivity contribution in [1.29, 1.82) is 0 Å². The molecule has 1 aliphatic rings. The molecule has 6 rings (SSSR count). The Balaban J connectivity index is 1.49. The zero-order valence-corrected chi connectivity index (χ0v) is 24.4. The van der Waals surface area contributed by atoms with Crippen molar-refractivity contribution in [3.8, 4) is 16.9 Å². The number of anilines is 1. The summed E-state index contributed by atoms with van der Waals surface area (Å²) in [4.78, 5) is -0.128. The van der Waals surface area contributed by atoms with Gasteiger partial charge in [-0.3, -0.25) is 5.01 Å². The van der Waals surface area contributed by atoms with Crippen molar-refractivity contribution < 1.29 is 25.6 Å². The first kappa shape index (κ1) is 29.3. The van der Waals surface area contributed by atoms with Crippen LogP contribution in [0.2, 0.25) is 0 Å². The maximum atomic E-state index is 13.9. The van der Waals surface area contributed by atoms with Gasteiger partial charge in [-0.25, -0.2) is 40.6 Å². The number of nitrogens with zero attached hydrogens (tertiary/aromatic N) is 4. The molecule has 0 bridgehead atoms. The van der Waals surface area contributed by atoms with Crippen molar-refractivity contribution in [1.82, 2.24) is 9.78 Å². The molecule has 0 spiro atoms. The van der Waals surface area contributed by atoms with E-state index < -0.39 is 37.7 Å². The van der Waals surface area contributed by atoms with E-state index in [9.17, 15) is 25.6 Å². The maximum absolute atomic E-state index is 13.9. The molecule has 10 nitrogen and oxygen atoms in total. The highest BCUT2D eigenvalue weighted by Crippen LogP contribution is 2.41. The number of benzene rings is 4. The van der Waals surface area contributed by atoms with Gasteiger partial charge in [0, 0.05) is 23.7 Å². The number of sulfonamides is 2. The first-order valence-electron chi connectivity index (χ1n) is 13.1. The standard InChI is InChI=1S/C30H24F2N6O4S2/c31-21-5-1-19(2-6-21)28-17-29(38(35-28)24-11-15-26(16-12-24)44(34,41)42)27-18-37(23-9-13-25(14-10-23)43(33,39)40)36-30(27)20-3-7-22(32)8-4-20/h1-16,18,29H,17H2,(H2,33,39,40)(H2,34,41,42). The van der Waals surface area contributed by atoms with E-state index >= 15 is 0 Å². The zero-order chi connectivity index (χ0) is 31.2. The maximum Gasteiger partial charge on any atom is 0.238 e. The van der Waals surface area contributed by atoms with Crippen LogP contribution in [0.3, 0.4) is 0 Å². The first-order valence-corrected chi connectivity index (χ1v) is 16.2. The number of hydrazone groups is 1. The Bertz CT molecular complexity index is 2100. The largest absolute Gasteiger partial charge is 0.257 e.